The zero-order chi connectivity index (χ0) is 11.0. The maximum absolute atomic E-state index is 11.7. The molecule has 0 aliphatic carbocycles. The molecule has 0 radical (unpaired) electrons. The number of Topliss-reactive ketones (excluding diaryl/α,β-unsaturated/α-hetero) is 1. The first-order chi connectivity index (χ1) is 6.65. The van der Waals surface area contributed by atoms with E-state index in [0.717, 1.165) is 19.3 Å². The van der Waals surface area contributed by atoms with Crippen molar-refractivity contribution in [2.75, 3.05) is 6.61 Å². The summed E-state index contributed by atoms with van der Waals surface area (Å²) in [5, 5.41) is 0. The molecule has 0 aliphatic heterocycles. The fourth-order valence-electron chi connectivity index (χ4n) is 1.71. The van der Waals surface area contributed by atoms with Crippen LogP contribution in [-0.2, 0) is 9.53 Å². The lowest BCUT2D eigenvalue weighted by Crippen LogP contribution is -2.25. The molecule has 0 rings (SSSR count). The standard InChI is InChI=1S/C12H24O2/c1-5-8-10(4)9-11(13)12(6-2)14-7-3/h10,12H,5-9H2,1-4H3. The van der Waals surface area contributed by atoms with Crippen molar-refractivity contribution in [1.29, 1.82) is 0 Å². The molecule has 2 heteroatoms. The van der Waals surface area contributed by atoms with Crippen LogP contribution in [0, 0.1) is 5.92 Å². The summed E-state index contributed by atoms with van der Waals surface area (Å²) in [7, 11) is 0. The van der Waals surface area contributed by atoms with Crippen LogP contribution in [0.1, 0.15) is 53.4 Å². The lowest BCUT2D eigenvalue weighted by molar-refractivity contribution is -0.131. The number of carbonyl (C=O) groups is 1. The van der Waals surface area contributed by atoms with E-state index < -0.39 is 0 Å². The van der Waals surface area contributed by atoms with E-state index in [-0.39, 0.29) is 11.9 Å². The average Bonchev–Trinajstić information content (AvgIpc) is 2.14. The lowest BCUT2D eigenvalue weighted by Gasteiger charge is -2.16. The molecule has 2 nitrogen and oxygen atoms in total. The van der Waals surface area contributed by atoms with Crippen LogP contribution in [0.3, 0.4) is 0 Å². The third kappa shape index (κ3) is 5.38. The van der Waals surface area contributed by atoms with Crippen molar-refractivity contribution in [3.8, 4) is 0 Å². The summed E-state index contributed by atoms with van der Waals surface area (Å²) in [5.41, 5.74) is 0. The number of hydrogen-bond donors (Lipinski definition) is 0. The van der Waals surface area contributed by atoms with Crippen LogP contribution in [0.2, 0.25) is 0 Å². The minimum Gasteiger partial charge on any atom is -0.371 e. The topological polar surface area (TPSA) is 26.3 Å². The molecule has 0 aliphatic rings. The zero-order valence-corrected chi connectivity index (χ0v) is 10.0. The van der Waals surface area contributed by atoms with Crippen LogP contribution in [0.4, 0.5) is 0 Å². The fraction of sp³-hybridized carbons (Fsp3) is 0.917. The van der Waals surface area contributed by atoms with Crippen LogP contribution in [0.5, 0.6) is 0 Å². The minimum absolute atomic E-state index is 0.167. The molecule has 0 aromatic heterocycles. The normalized spacial score (nSPS) is 15.1. The molecular weight excluding hydrogens is 176 g/mol. The van der Waals surface area contributed by atoms with Crippen molar-refractivity contribution >= 4 is 5.78 Å². The predicted molar refractivity (Wildman–Crippen MR) is 59.4 cm³/mol. The Morgan fingerprint density at radius 1 is 1.29 bits per heavy atom. The van der Waals surface area contributed by atoms with E-state index in [1.54, 1.807) is 0 Å². The van der Waals surface area contributed by atoms with Gasteiger partial charge in [-0.2, -0.15) is 0 Å². The fourth-order valence-corrected chi connectivity index (χ4v) is 1.71. The maximum atomic E-state index is 11.7. The van der Waals surface area contributed by atoms with E-state index in [0.29, 0.717) is 18.9 Å². The van der Waals surface area contributed by atoms with Crippen molar-refractivity contribution in [2.24, 2.45) is 5.92 Å². The number of carbonyl (C=O) groups excluding carboxylic acids is 1. The highest BCUT2D eigenvalue weighted by Gasteiger charge is 2.18. The van der Waals surface area contributed by atoms with Crippen LogP contribution >= 0.6 is 0 Å². The van der Waals surface area contributed by atoms with Gasteiger partial charge in [-0.1, -0.05) is 33.6 Å². The van der Waals surface area contributed by atoms with Gasteiger partial charge in [-0.15, -0.1) is 0 Å². The van der Waals surface area contributed by atoms with Crippen LogP contribution < -0.4 is 0 Å². The van der Waals surface area contributed by atoms with Gasteiger partial charge >= 0.3 is 0 Å². The molecule has 2 unspecified atom stereocenters. The number of hydrogen-bond acceptors (Lipinski definition) is 2. The zero-order valence-electron chi connectivity index (χ0n) is 10.0. The van der Waals surface area contributed by atoms with Crippen molar-refractivity contribution in [3.05, 3.63) is 0 Å². The molecule has 0 bridgehead atoms. The Bertz CT molecular complexity index is 154. The van der Waals surface area contributed by atoms with Crippen molar-refractivity contribution in [3.63, 3.8) is 0 Å². The van der Waals surface area contributed by atoms with Crippen molar-refractivity contribution in [1.82, 2.24) is 0 Å². The van der Waals surface area contributed by atoms with Gasteiger partial charge in [0.2, 0.25) is 0 Å². The minimum atomic E-state index is -0.167. The molecule has 0 aromatic rings. The van der Waals surface area contributed by atoms with E-state index >= 15 is 0 Å². The second kappa shape index (κ2) is 7.98. The molecule has 14 heavy (non-hydrogen) atoms. The first kappa shape index (κ1) is 13.6. The van der Waals surface area contributed by atoms with Gasteiger partial charge in [0.1, 0.15) is 6.10 Å². The van der Waals surface area contributed by atoms with Gasteiger partial charge in [0, 0.05) is 13.0 Å². The molecular formula is C12H24O2. The highest BCUT2D eigenvalue weighted by Crippen LogP contribution is 2.13. The van der Waals surface area contributed by atoms with Gasteiger partial charge in [0.05, 0.1) is 0 Å². The van der Waals surface area contributed by atoms with E-state index in [1.807, 2.05) is 13.8 Å². The van der Waals surface area contributed by atoms with Gasteiger partial charge in [-0.25, -0.2) is 0 Å². The second-order valence-corrected chi connectivity index (χ2v) is 3.92. The summed E-state index contributed by atoms with van der Waals surface area (Å²) < 4.78 is 5.38. The molecule has 84 valence electrons. The Balaban J connectivity index is 3.90. The summed E-state index contributed by atoms with van der Waals surface area (Å²) in [6.07, 6.45) is 3.59. The average molecular weight is 200 g/mol. The molecule has 0 N–H and O–H groups in total. The summed E-state index contributed by atoms with van der Waals surface area (Å²) in [6.45, 7) is 8.86. The molecule has 0 aromatic carbocycles. The van der Waals surface area contributed by atoms with Crippen LogP contribution in [0.15, 0.2) is 0 Å². The van der Waals surface area contributed by atoms with E-state index in [4.69, 9.17) is 4.74 Å². The second-order valence-electron chi connectivity index (χ2n) is 3.92. The van der Waals surface area contributed by atoms with Crippen molar-refractivity contribution < 1.29 is 9.53 Å². The quantitative estimate of drug-likeness (QED) is 0.601. The molecule has 0 saturated heterocycles. The monoisotopic (exact) mass is 200 g/mol. The van der Waals surface area contributed by atoms with Gasteiger partial charge in [-0.05, 0) is 19.3 Å². The van der Waals surface area contributed by atoms with E-state index in [2.05, 4.69) is 13.8 Å². The van der Waals surface area contributed by atoms with Crippen LogP contribution in [0.25, 0.3) is 0 Å². The van der Waals surface area contributed by atoms with E-state index in [9.17, 15) is 4.79 Å². The summed E-state index contributed by atoms with van der Waals surface area (Å²) in [5.74, 6) is 0.775. The number of ether oxygens (including phenoxy) is 1. The van der Waals surface area contributed by atoms with Gasteiger partial charge in [0.15, 0.2) is 5.78 Å². The first-order valence-electron chi connectivity index (χ1n) is 5.79. The number of rotatable bonds is 8. The molecule has 0 spiro atoms. The molecule has 0 fully saturated rings. The van der Waals surface area contributed by atoms with Crippen molar-refractivity contribution in [2.45, 2.75) is 59.5 Å². The molecule has 0 saturated carbocycles. The molecule has 2 atom stereocenters. The summed E-state index contributed by atoms with van der Waals surface area (Å²) in [4.78, 5) is 11.7. The van der Waals surface area contributed by atoms with Gasteiger partial charge in [0.25, 0.3) is 0 Å². The Morgan fingerprint density at radius 3 is 2.36 bits per heavy atom. The molecule has 0 amide bonds. The smallest absolute Gasteiger partial charge is 0.161 e. The van der Waals surface area contributed by atoms with E-state index in [1.165, 1.54) is 0 Å². The highest BCUT2D eigenvalue weighted by atomic mass is 16.5. The Kier molecular flexibility index (Phi) is 7.77. The summed E-state index contributed by atoms with van der Waals surface area (Å²) in [6, 6.07) is 0. The summed E-state index contributed by atoms with van der Waals surface area (Å²) >= 11 is 0. The third-order valence-electron chi connectivity index (χ3n) is 2.43. The van der Waals surface area contributed by atoms with Crippen LogP contribution in [-0.4, -0.2) is 18.5 Å². The largest absolute Gasteiger partial charge is 0.371 e. The lowest BCUT2D eigenvalue weighted by atomic mass is 9.96. The van der Waals surface area contributed by atoms with Gasteiger partial charge < -0.3 is 4.74 Å². The highest BCUT2D eigenvalue weighted by molar-refractivity contribution is 5.83. The first-order valence-corrected chi connectivity index (χ1v) is 5.79. The Morgan fingerprint density at radius 2 is 1.93 bits per heavy atom. The Labute approximate surface area is 88.0 Å². The predicted octanol–water partition coefficient (Wildman–Crippen LogP) is 3.20. The SMILES string of the molecule is CCCC(C)CC(=O)C(CC)OCC. The molecule has 0 heterocycles. The van der Waals surface area contributed by atoms with Gasteiger partial charge in [-0.3, -0.25) is 4.79 Å². The Hall–Kier alpha value is -0.370. The third-order valence-corrected chi connectivity index (χ3v) is 2.43. The number of ketones is 1. The maximum Gasteiger partial charge on any atom is 0.161 e.